The molecule has 15 heavy (non-hydrogen) atoms. The van der Waals surface area contributed by atoms with Crippen molar-refractivity contribution >= 4 is 0 Å². The summed E-state index contributed by atoms with van der Waals surface area (Å²) in [7, 11) is 0. The second-order valence-corrected chi connectivity index (χ2v) is 3.53. The number of hydrogen-bond donors (Lipinski definition) is 1. The fourth-order valence-corrected chi connectivity index (χ4v) is 1.35. The van der Waals surface area contributed by atoms with Gasteiger partial charge in [-0.25, -0.2) is 0 Å². The summed E-state index contributed by atoms with van der Waals surface area (Å²) < 4.78 is 5.30. The van der Waals surface area contributed by atoms with Crippen molar-refractivity contribution < 1.29 is 9.84 Å². The van der Waals surface area contributed by atoms with Gasteiger partial charge in [0.25, 0.3) is 0 Å². The molecule has 1 aliphatic heterocycles. The molecule has 1 unspecified atom stereocenters. The van der Waals surface area contributed by atoms with Crippen LogP contribution in [0.1, 0.15) is 31.5 Å². The largest absolute Gasteiger partial charge is 0.465 e. The lowest BCUT2D eigenvalue weighted by molar-refractivity contribution is -0.0233. The zero-order valence-corrected chi connectivity index (χ0v) is 8.63. The average Bonchev–Trinajstić information content (AvgIpc) is 3.03. The molecule has 0 spiro atoms. The van der Waals surface area contributed by atoms with Crippen LogP contribution < -0.4 is 4.74 Å². The van der Waals surface area contributed by atoms with Crippen LogP contribution in [-0.4, -0.2) is 11.4 Å². The van der Waals surface area contributed by atoms with Gasteiger partial charge in [0.2, 0.25) is 6.17 Å². The molecule has 1 N–H and O–H groups in total. The molecule has 0 fully saturated rings. The number of rotatable bonds is 5. The Bertz CT molecular complexity index is 342. The zero-order chi connectivity index (χ0) is 10.7. The van der Waals surface area contributed by atoms with Crippen LogP contribution in [0.4, 0.5) is 0 Å². The molecular formula is C11H14N2O2. The van der Waals surface area contributed by atoms with Gasteiger partial charge in [0.1, 0.15) is 5.75 Å². The molecule has 1 aliphatic rings. The van der Waals surface area contributed by atoms with E-state index < -0.39 is 6.29 Å². The van der Waals surface area contributed by atoms with Gasteiger partial charge in [-0.1, -0.05) is 25.5 Å². The first-order valence-corrected chi connectivity index (χ1v) is 5.14. The summed E-state index contributed by atoms with van der Waals surface area (Å²) in [4.78, 5) is 0. The summed E-state index contributed by atoms with van der Waals surface area (Å²) in [6.07, 6.45) is 0.865. The van der Waals surface area contributed by atoms with Gasteiger partial charge < -0.3 is 9.84 Å². The van der Waals surface area contributed by atoms with Gasteiger partial charge in [0.15, 0.2) is 6.29 Å². The first-order chi connectivity index (χ1) is 7.29. The highest BCUT2D eigenvalue weighted by Crippen LogP contribution is 2.31. The van der Waals surface area contributed by atoms with E-state index >= 15 is 0 Å². The predicted molar refractivity (Wildman–Crippen MR) is 55.6 cm³/mol. The maximum Gasteiger partial charge on any atom is 0.206 e. The summed E-state index contributed by atoms with van der Waals surface area (Å²) in [6.45, 7) is 2.01. The van der Waals surface area contributed by atoms with Gasteiger partial charge in [-0.05, 0) is 12.1 Å². The summed E-state index contributed by atoms with van der Waals surface area (Å²) in [5.74, 6) is 0.681. The third-order valence-electron chi connectivity index (χ3n) is 2.22. The number of ether oxygens (including phenoxy) is 1. The van der Waals surface area contributed by atoms with E-state index in [0.717, 1.165) is 12.0 Å². The van der Waals surface area contributed by atoms with E-state index in [1.807, 2.05) is 31.2 Å². The van der Waals surface area contributed by atoms with E-state index in [1.165, 1.54) is 0 Å². The molecule has 1 aromatic rings. The Balaban J connectivity index is 1.91. The Labute approximate surface area is 88.6 Å². The highest BCUT2D eigenvalue weighted by Gasteiger charge is 2.17. The predicted octanol–water partition coefficient (Wildman–Crippen LogP) is 2.65. The maximum atomic E-state index is 9.43. The lowest BCUT2D eigenvalue weighted by Crippen LogP contribution is -2.14. The molecule has 0 saturated heterocycles. The van der Waals surface area contributed by atoms with Crippen LogP contribution in [-0.2, 0) is 0 Å². The first-order valence-electron chi connectivity index (χ1n) is 5.14. The van der Waals surface area contributed by atoms with E-state index in [0.29, 0.717) is 12.2 Å². The van der Waals surface area contributed by atoms with Crippen molar-refractivity contribution in [1.82, 2.24) is 0 Å². The van der Waals surface area contributed by atoms with Crippen molar-refractivity contribution in [1.29, 1.82) is 0 Å². The number of hydrogen-bond acceptors (Lipinski definition) is 4. The average molecular weight is 206 g/mol. The third-order valence-corrected chi connectivity index (χ3v) is 2.22. The first kappa shape index (κ1) is 10.1. The minimum atomic E-state index is -0.712. The van der Waals surface area contributed by atoms with Crippen LogP contribution in [0.15, 0.2) is 34.5 Å². The van der Waals surface area contributed by atoms with Gasteiger partial charge >= 0.3 is 0 Å². The van der Waals surface area contributed by atoms with Gasteiger partial charge in [0.05, 0.1) is 0 Å². The summed E-state index contributed by atoms with van der Waals surface area (Å²) in [5, 5.41) is 17.1. The third kappa shape index (κ3) is 2.76. The van der Waals surface area contributed by atoms with Crippen LogP contribution in [0.3, 0.4) is 0 Å². The highest BCUT2D eigenvalue weighted by molar-refractivity contribution is 5.30. The molecule has 0 amide bonds. The standard InChI is InChI=1S/C11H14N2O2/c1-2-3-10(14)15-9-6-4-8(5-7-9)11-12-13-11/h4-7,10-11,14H,2-3H2,1H3. The Morgan fingerprint density at radius 3 is 2.53 bits per heavy atom. The number of nitrogens with zero attached hydrogens (tertiary/aromatic N) is 2. The SMILES string of the molecule is CCCC(O)Oc1ccc(C2N=N2)cc1. The van der Waals surface area contributed by atoms with Gasteiger partial charge in [0, 0.05) is 12.0 Å². The molecule has 0 aliphatic carbocycles. The van der Waals surface area contributed by atoms with Crippen LogP contribution in [0.5, 0.6) is 5.75 Å². The molecule has 2 rings (SSSR count). The van der Waals surface area contributed by atoms with Crippen molar-refractivity contribution in [3.63, 3.8) is 0 Å². The molecule has 1 heterocycles. The Hall–Kier alpha value is -1.42. The molecule has 80 valence electrons. The molecule has 0 radical (unpaired) electrons. The topological polar surface area (TPSA) is 54.2 Å². The summed E-state index contributed by atoms with van der Waals surface area (Å²) in [6, 6.07) is 7.49. The number of benzene rings is 1. The molecule has 0 bridgehead atoms. The fourth-order valence-electron chi connectivity index (χ4n) is 1.35. The minimum absolute atomic E-state index is 0.0274. The molecule has 0 saturated carbocycles. The fraction of sp³-hybridized carbons (Fsp3) is 0.455. The summed E-state index contributed by atoms with van der Waals surface area (Å²) >= 11 is 0. The zero-order valence-electron chi connectivity index (χ0n) is 8.63. The quantitative estimate of drug-likeness (QED) is 0.753. The minimum Gasteiger partial charge on any atom is -0.465 e. The van der Waals surface area contributed by atoms with Crippen LogP contribution in [0, 0.1) is 0 Å². The van der Waals surface area contributed by atoms with Gasteiger partial charge in [-0.3, -0.25) is 0 Å². The highest BCUT2D eigenvalue weighted by atomic mass is 16.6. The van der Waals surface area contributed by atoms with Crippen molar-refractivity contribution in [3.8, 4) is 5.75 Å². The Kier molecular flexibility index (Phi) is 2.97. The van der Waals surface area contributed by atoms with Crippen LogP contribution >= 0.6 is 0 Å². The van der Waals surface area contributed by atoms with Crippen molar-refractivity contribution in [2.24, 2.45) is 10.2 Å². The van der Waals surface area contributed by atoms with Crippen LogP contribution in [0.25, 0.3) is 0 Å². The molecule has 1 aromatic carbocycles. The monoisotopic (exact) mass is 206 g/mol. The Morgan fingerprint density at radius 1 is 1.33 bits per heavy atom. The van der Waals surface area contributed by atoms with E-state index in [4.69, 9.17) is 4.74 Å². The summed E-state index contributed by atoms with van der Waals surface area (Å²) in [5.41, 5.74) is 1.06. The second-order valence-electron chi connectivity index (χ2n) is 3.53. The molecule has 4 nitrogen and oxygen atoms in total. The second kappa shape index (κ2) is 4.40. The van der Waals surface area contributed by atoms with Crippen molar-refractivity contribution in [2.45, 2.75) is 32.2 Å². The lowest BCUT2D eigenvalue weighted by atomic mass is 10.2. The van der Waals surface area contributed by atoms with E-state index in [9.17, 15) is 5.11 Å². The van der Waals surface area contributed by atoms with Crippen molar-refractivity contribution in [3.05, 3.63) is 29.8 Å². The number of aliphatic hydroxyl groups excluding tert-OH is 1. The molecule has 0 aromatic heterocycles. The maximum absolute atomic E-state index is 9.43. The van der Waals surface area contributed by atoms with Gasteiger partial charge in [-0.2, -0.15) is 10.2 Å². The molecule has 1 atom stereocenters. The van der Waals surface area contributed by atoms with Crippen molar-refractivity contribution in [2.75, 3.05) is 0 Å². The van der Waals surface area contributed by atoms with Gasteiger partial charge in [-0.15, -0.1) is 0 Å². The molecule has 4 heteroatoms. The number of aliphatic hydroxyl groups is 1. The Morgan fingerprint density at radius 2 is 2.00 bits per heavy atom. The van der Waals surface area contributed by atoms with E-state index in [1.54, 1.807) is 0 Å². The van der Waals surface area contributed by atoms with E-state index in [-0.39, 0.29) is 6.17 Å². The molecular weight excluding hydrogens is 192 g/mol. The normalized spacial score (nSPS) is 16.4. The lowest BCUT2D eigenvalue weighted by Gasteiger charge is -2.12. The van der Waals surface area contributed by atoms with Crippen LogP contribution in [0.2, 0.25) is 0 Å². The smallest absolute Gasteiger partial charge is 0.206 e. The van der Waals surface area contributed by atoms with E-state index in [2.05, 4.69) is 10.2 Å².